The van der Waals surface area contributed by atoms with Gasteiger partial charge in [0.2, 0.25) is 0 Å². The van der Waals surface area contributed by atoms with E-state index in [1.165, 1.54) is 0 Å². The van der Waals surface area contributed by atoms with Crippen LogP contribution >= 0.6 is 0 Å². The lowest BCUT2D eigenvalue weighted by molar-refractivity contribution is -0.389. The third-order valence-corrected chi connectivity index (χ3v) is 3.72. The minimum atomic E-state index is -0.445. The van der Waals surface area contributed by atoms with Gasteiger partial charge in [0, 0.05) is 13.0 Å². The molecule has 0 bridgehead atoms. The fourth-order valence-electron chi connectivity index (χ4n) is 2.73. The van der Waals surface area contributed by atoms with Gasteiger partial charge >= 0.3 is 5.82 Å². The van der Waals surface area contributed by atoms with Gasteiger partial charge in [-0.15, -0.1) is 10.2 Å². The summed E-state index contributed by atoms with van der Waals surface area (Å²) in [6.45, 7) is 3.48. The summed E-state index contributed by atoms with van der Waals surface area (Å²) in [5.74, 6) is 1.35. The van der Waals surface area contributed by atoms with Crippen molar-refractivity contribution in [1.82, 2.24) is 24.5 Å². The number of aromatic nitrogens is 5. The largest absolute Gasteiger partial charge is 0.401 e. The van der Waals surface area contributed by atoms with E-state index >= 15 is 0 Å². The van der Waals surface area contributed by atoms with Crippen LogP contribution in [0, 0.1) is 10.1 Å². The lowest BCUT2D eigenvalue weighted by Gasteiger charge is -2.04. The Kier molecular flexibility index (Phi) is 3.68. The van der Waals surface area contributed by atoms with Crippen molar-refractivity contribution in [2.24, 2.45) is 0 Å². The highest BCUT2D eigenvalue weighted by atomic mass is 16.6. The van der Waals surface area contributed by atoms with Gasteiger partial charge in [-0.2, -0.15) is 4.68 Å². The lowest BCUT2D eigenvalue weighted by Crippen LogP contribution is -2.03. The number of hydrogen-bond acceptors (Lipinski definition) is 5. The Morgan fingerprint density at radius 2 is 2.19 bits per heavy atom. The first-order chi connectivity index (χ1) is 10.2. The average Bonchev–Trinajstić information content (AvgIpc) is 2.97. The van der Waals surface area contributed by atoms with Crippen molar-refractivity contribution in [1.29, 1.82) is 0 Å². The van der Waals surface area contributed by atoms with E-state index in [4.69, 9.17) is 0 Å². The monoisotopic (exact) mass is 290 g/mol. The fraction of sp³-hybridized carbons (Fsp3) is 0.615. The number of aryl methyl sites for hydroxylation is 2. The molecule has 8 nitrogen and oxygen atoms in total. The minimum absolute atomic E-state index is 0.136. The predicted octanol–water partition coefficient (Wildman–Crippen LogP) is 2.19. The van der Waals surface area contributed by atoms with Crippen molar-refractivity contribution in [2.75, 3.05) is 0 Å². The zero-order valence-electron chi connectivity index (χ0n) is 12.0. The van der Waals surface area contributed by atoms with Gasteiger partial charge < -0.3 is 14.7 Å². The molecule has 0 unspecified atom stereocenters. The van der Waals surface area contributed by atoms with E-state index < -0.39 is 4.92 Å². The molecule has 3 rings (SSSR count). The molecule has 8 heteroatoms. The van der Waals surface area contributed by atoms with E-state index in [0.29, 0.717) is 17.9 Å². The van der Waals surface area contributed by atoms with Crippen molar-refractivity contribution in [2.45, 2.75) is 52.1 Å². The zero-order chi connectivity index (χ0) is 14.8. The number of hydrogen-bond donors (Lipinski definition) is 0. The summed E-state index contributed by atoms with van der Waals surface area (Å²) in [6, 6.07) is 0. The molecule has 0 spiro atoms. The van der Waals surface area contributed by atoms with Crippen LogP contribution in [0.1, 0.15) is 38.4 Å². The molecule has 1 aliphatic heterocycles. The van der Waals surface area contributed by atoms with Crippen LogP contribution in [0.15, 0.2) is 6.20 Å². The SMILES string of the molecule is CCCn1cc(-c2nnc3n2CCCCC3)c([N+](=O)[O-])n1. The maximum Gasteiger partial charge on any atom is 0.401 e. The Balaban J connectivity index is 2.07. The molecule has 2 aromatic heterocycles. The van der Waals surface area contributed by atoms with Crippen LogP contribution in [0.3, 0.4) is 0 Å². The van der Waals surface area contributed by atoms with E-state index in [1.54, 1.807) is 10.9 Å². The number of rotatable bonds is 4. The normalized spacial score (nSPS) is 14.7. The maximum absolute atomic E-state index is 11.2. The Bertz CT molecular complexity index is 660. The van der Waals surface area contributed by atoms with Crippen LogP contribution in [-0.4, -0.2) is 29.5 Å². The van der Waals surface area contributed by atoms with Gasteiger partial charge in [-0.05, 0) is 24.2 Å². The van der Waals surface area contributed by atoms with Gasteiger partial charge in [0.05, 0.1) is 17.8 Å². The lowest BCUT2D eigenvalue weighted by atomic mass is 10.2. The maximum atomic E-state index is 11.2. The molecule has 0 N–H and O–H groups in total. The third kappa shape index (κ3) is 2.53. The number of nitro groups is 1. The average molecular weight is 290 g/mol. The van der Waals surface area contributed by atoms with E-state index in [-0.39, 0.29) is 5.82 Å². The second kappa shape index (κ2) is 5.63. The summed E-state index contributed by atoms with van der Waals surface area (Å²) >= 11 is 0. The van der Waals surface area contributed by atoms with Crippen molar-refractivity contribution in [3.8, 4) is 11.4 Å². The summed E-state index contributed by atoms with van der Waals surface area (Å²) in [6.07, 6.45) is 6.76. The number of nitrogens with zero attached hydrogens (tertiary/aromatic N) is 6. The van der Waals surface area contributed by atoms with Crippen LogP contribution in [0.4, 0.5) is 5.82 Å². The van der Waals surface area contributed by atoms with Crippen LogP contribution in [0.5, 0.6) is 0 Å². The Labute approximate surface area is 121 Å². The van der Waals surface area contributed by atoms with E-state index in [1.807, 2.05) is 11.5 Å². The summed E-state index contributed by atoms with van der Waals surface area (Å²) in [7, 11) is 0. The molecule has 0 fully saturated rings. The molecule has 21 heavy (non-hydrogen) atoms. The molecule has 0 aliphatic carbocycles. The highest BCUT2D eigenvalue weighted by Crippen LogP contribution is 2.29. The molecule has 3 heterocycles. The van der Waals surface area contributed by atoms with Crippen LogP contribution in [0.2, 0.25) is 0 Å². The van der Waals surface area contributed by atoms with E-state index in [9.17, 15) is 10.1 Å². The first-order valence-corrected chi connectivity index (χ1v) is 7.35. The van der Waals surface area contributed by atoms with E-state index in [2.05, 4.69) is 15.3 Å². The van der Waals surface area contributed by atoms with Crippen LogP contribution in [-0.2, 0) is 19.5 Å². The summed E-state index contributed by atoms with van der Waals surface area (Å²) in [5.41, 5.74) is 0.467. The third-order valence-electron chi connectivity index (χ3n) is 3.72. The molecule has 1 aliphatic rings. The topological polar surface area (TPSA) is 91.7 Å². The first-order valence-electron chi connectivity index (χ1n) is 7.35. The summed E-state index contributed by atoms with van der Waals surface area (Å²) in [4.78, 5) is 10.8. The van der Waals surface area contributed by atoms with Gasteiger partial charge in [0.25, 0.3) is 0 Å². The smallest absolute Gasteiger partial charge is 0.358 e. The van der Waals surface area contributed by atoms with Gasteiger partial charge in [0.1, 0.15) is 11.4 Å². The van der Waals surface area contributed by atoms with Crippen molar-refractivity contribution in [3.05, 3.63) is 22.1 Å². The van der Waals surface area contributed by atoms with Crippen molar-refractivity contribution >= 4 is 5.82 Å². The molecule has 0 amide bonds. The Hall–Kier alpha value is -2.25. The van der Waals surface area contributed by atoms with Gasteiger partial charge in [-0.3, -0.25) is 0 Å². The first kappa shape index (κ1) is 13.7. The highest BCUT2D eigenvalue weighted by molar-refractivity contribution is 5.64. The Morgan fingerprint density at radius 3 is 2.95 bits per heavy atom. The van der Waals surface area contributed by atoms with Crippen molar-refractivity contribution < 1.29 is 4.92 Å². The van der Waals surface area contributed by atoms with Crippen LogP contribution in [0.25, 0.3) is 11.4 Å². The fourth-order valence-corrected chi connectivity index (χ4v) is 2.73. The molecule has 0 radical (unpaired) electrons. The molecule has 0 saturated heterocycles. The molecular weight excluding hydrogens is 272 g/mol. The molecule has 112 valence electrons. The highest BCUT2D eigenvalue weighted by Gasteiger charge is 2.27. The standard InChI is InChI=1S/C13H18N6O2/c1-2-7-17-9-10(13(16-17)19(20)21)12-15-14-11-6-4-3-5-8-18(11)12/h9H,2-8H2,1H3. The zero-order valence-corrected chi connectivity index (χ0v) is 12.0. The second-order valence-corrected chi connectivity index (χ2v) is 5.29. The predicted molar refractivity (Wildman–Crippen MR) is 75.7 cm³/mol. The van der Waals surface area contributed by atoms with E-state index in [0.717, 1.165) is 44.5 Å². The van der Waals surface area contributed by atoms with Crippen LogP contribution < -0.4 is 0 Å². The Morgan fingerprint density at radius 1 is 1.33 bits per heavy atom. The summed E-state index contributed by atoms with van der Waals surface area (Å²) < 4.78 is 3.62. The molecule has 0 atom stereocenters. The second-order valence-electron chi connectivity index (χ2n) is 5.29. The molecule has 0 aromatic carbocycles. The molecule has 0 saturated carbocycles. The minimum Gasteiger partial charge on any atom is -0.358 e. The van der Waals surface area contributed by atoms with Gasteiger partial charge in [0.15, 0.2) is 5.82 Å². The number of fused-ring (bicyclic) bond motifs is 1. The van der Waals surface area contributed by atoms with Gasteiger partial charge in [-0.25, -0.2) is 0 Å². The molecule has 2 aromatic rings. The summed E-state index contributed by atoms with van der Waals surface area (Å²) in [5, 5.41) is 23.7. The molecular formula is C13H18N6O2. The van der Waals surface area contributed by atoms with Gasteiger partial charge in [-0.1, -0.05) is 13.3 Å². The quantitative estimate of drug-likeness (QED) is 0.635. The van der Waals surface area contributed by atoms with Crippen molar-refractivity contribution in [3.63, 3.8) is 0 Å².